The molecule has 1 aliphatic rings. The summed E-state index contributed by atoms with van der Waals surface area (Å²) in [4.78, 5) is 11.7. The number of carbonyl (C=O) groups excluding carboxylic acids is 1. The molecular weight excluding hydrogens is 328 g/mol. The molecule has 0 fully saturated rings. The van der Waals surface area contributed by atoms with E-state index in [0.29, 0.717) is 24.4 Å². The highest BCUT2D eigenvalue weighted by Gasteiger charge is 2.25. The van der Waals surface area contributed by atoms with Crippen LogP contribution in [0.25, 0.3) is 0 Å². The van der Waals surface area contributed by atoms with Crippen molar-refractivity contribution in [1.29, 1.82) is 0 Å². The first kappa shape index (κ1) is 16.5. The number of sulfonamides is 1. The second-order valence-electron chi connectivity index (χ2n) is 5.54. The lowest BCUT2D eigenvalue weighted by atomic mass is 10.2. The van der Waals surface area contributed by atoms with Gasteiger partial charge in [0.15, 0.2) is 6.10 Å². The predicted molar refractivity (Wildman–Crippen MR) is 90.5 cm³/mol. The zero-order valence-electron chi connectivity index (χ0n) is 13.2. The molecule has 6 nitrogen and oxygen atoms in total. The maximum Gasteiger partial charge on any atom is 0.265 e. The number of nitrogens with one attached hydrogen (secondary N) is 2. The number of hydrogen-bond donors (Lipinski definition) is 2. The van der Waals surface area contributed by atoms with Crippen LogP contribution in [0.4, 0.5) is 5.69 Å². The van der Waals surface area contributed by atoms with Crippen LogP contribution in [0.2, 0.25) is 0 Å². The van der Waals surface area contributed by atoms with Gasteiger partial charge >= 0.3 is 0 Å². The van der Waals surface area contributed by atoms with E-state index in [0.717, 1.165) is 5.56 Å². The molecule has 24 heavy (non-hydrogen) atoms. The Balaban J connectivity index is 1.71. The summed E-state index contributed by atoms with van der Waals surface area (Å²) in [6.07, 6.45) is -0.0456. The first-order chi connectivity index (χ1) is 11.5. The number of ether oxygens (including phenoxy) is 1. The highest BCUT2D eigenvalue weighted by atomic mass is 32.2. The molecule has 1 amide bonds. The largest absolute Gasteiger partial charge is 0.479 e. The van der Waals surface area contributed by atoms with Gasteiger partial charge in [0.2, 0.25) is 10.0 Å². The second-order valence-corrected chi connectivity index (χ2v) is 7.31. The second kappa shape index (κ2) is 6.62. The molecule has 1 heterocycles. The fourth-order valence-electron chi connectivity index (χ4n) is 2.41. The van der Waals surface area contributed by atoms with E-state index < -0.39 is 16.1 Å². The molecule has 0 bridgehead atoms. The molecule has 0 aliphatic carbocycles. The van der Waals surface area contributed by atoms with Crippen LogP contribution in [0.5, 0.6) is 5.75 Å². The molecule has 2 aromatic carbocycles. The lowest BCUT2D eigenvalue weighted by Gasteiger charge is -2.23. The third-order valence-electron chi connectivity index (χ3n) is 3.74. The molecule has 0 spiro atoms. The normalized spacial score (nSPS) is 16.9. The van der Waals surface area contributed by atoms with Gasteiger partial charge in [-0.2, -0.15) is 0 Å². The molecule has 0 unspecified atom stereocenters. The van der Waals surface area contributed by atoms with Crippen molar-refractivity contribution in [3.63, 3.8) is 0 Å². The standard InChI is InChI=1S/C17H18N2O4S/c1-12-17(20)19-15-8-7-14(11-16(15)23-12)24(21,22)18-10-9-13-5-3-2-4-6-13/h2-8,11-12,18H,9-10H2,1H3,(H,19,20)/t12-/m1/s1. The van der Waals surface area contributed by atoms with Gasteiger partial charge < -0.3 is 10.1 Å². The topological polar surface area (TPSA) is 84.5 Å². The number of fused-ring (bicyclic) bond motifs is 1. The monoisotopic (exact) mass is 346 g/mol. The van der Waals surface area contributed by atoms with Crippen molar-refractivity contribution in [2.75, 3.05) is 11.9 Å². The van der Waals surface area contributed by atoms with Crippen molar-refractivity contribution in [2.45, 2.75) is 24.3 Å². The van der Waals surface area contributed by atoms with Crippen LogP contribution in [0.15, 0.2) is 53.4 Å². The number of anilines is 1. The maximum absolute atomic E-state index is 12.4. The Bertz CT molecular complexity index is 850. The highest BCUT2D eigenvalue weighted by Crippen LogP contribution is 2.31. The van der Waals surface area contributed by atoms with Crippen LogP contribution in [0.1, 0.15) is 12.5 Å². The lowest BCUT2D eigenvalue weighted by molar-refractivity contribution is -0.122. The lowest BCUT2D eigenvalue weighted by Crippen LogP contribution is -2.34. The van der Waals surface area contributed by atoms with Crippen molar-refractivity contribution in [3.05, 3.63) is 54.1 Å². The maximum atomic E-state index is 12.4. The number of amides is 1. The van der Waals surface area contributed by atoms with Gasteiger partial charge in [-0.25, -0.2) is 13.1 Å². The summed E-state index contributed by atoms with van der Waals surface area (Å²) >= 11 is 0. The Kier molecular flexibility index (Phi) is 4.55. The summed E-state index contributed by atoms with van der Waals surface area (Å²) in [6, 6.07) is 14.1. The van der Waals surface area contributed by atoms with Crippen molar-refractivity contribution < 1.29 is 17.9 Å². The minimum atomic E-state index is -3.64. The number of hydrogen-bond acceptors (Lipinski definition) is 4. The van der Waals surface area contributed by atoms with E-state index in [1.54, 1.807) is 6.92 Å². The Morgan fingerprint density at radius 1 is 1.17 bits per heavy atom. The fraction of sp³-hybridized carbons (Fsp3) is 0.235. The SMILES string of the molecule is C[C@H]1Oc2cc(S(=O)(=O)NCCc3ccccc3)ccc2NC1=O. The summed E-state index contributed by atoms with van der Waals surface area (Å²) < 4.78 is 32.8. The molecule has 7 heteroatoms. The number of rotatable bonds is 5. The average Bonchev–Trinajstić information content (AvgIpc) is 2.56. The third kappa shape index (κ3) is 3.58. The summed E-state index contributed by atoms with van der Waals surface area (Å²) in [5.74, 6) is 0.104. The first-order valence-electron chi connectivity index (χ1n) is 7.61. The smallest absolute Gasteiger partial charge is 0.265 e. The number of carbonyl (C=O) groups is 1. The minimum absolute atomic E-state index is 0.109. The van der Waals surface area contributed by atoms with Crippen LogP contribution in [-0.4, -0.2) is 27.0 Å². The Morgan fingerprint density at radius 2 is 1.92 bits per heavy atom. The summed E-state index contributed by atoms with van der Waals surface area (Å²) in [5.41, 5.74) is 1.53. The van der Waals surface area contributed by atoms with Gasteiger partial charge in [-0.1, -0.05) is 30.3 Å². The summed E-state index contributed by atoms with van der Waals surface area (Å²) in [5, 5.41) is 2.67. The molecule has 2 N–H and O–H groups in total. The first-order valence-corrected chi connectivity index (χ1v) is 9.09. The van der Waals surface area contributed by atoms with Gasteiger partial charge in [-0.3, -0.25) is 4.79 Å². The van der Waals surface area contributed by atoms with Crippen molar-refractivity contribution in [1.82, 2.24) is 4.72 Å². The third-order valence-corrected chi connectivity index (χ3v) is 5.20. The minimum Gasteiger partial charge on any atom is -0.479 e. The predicted octanol–water partition coefficient (Wildman–Crippen LogP) is 1.93. The molecule has 3 rings (SSSR count). The molecule has 2 aromatic rings. The highest BCUT2D eigenvalue weighted by molar-refractivity contribution is 7.89. The van der Waals surface area contributed by atoms with E-state index in [1.165, 1.54) is 18.2 Å². The quantitative estimate of drug-likeness (QED) is 0.866. The van der Waals surface area contributed by atoms with Crippen LogP contribution < -0.4 is 14.8 Å². The fourth-order valence-corrected chi connectivity index (χ4v) is 3.45. The molecule has 0 aromatic heterocycles. The molecule has 1 aliphatic heterocycles. The summed E-state index contributed by atoms with van der Waals surface area (Å²) in [7, 11) is -3.64. The molecule has 0 radical (unpaired) electrons. The van der Waals surface area contributed by atoms with Gasteiger partial charge in [0, 0.05) is 12.6 Å². The van der Waals surface area contributed by atoms with E-state index in [2.05, 4.69) is 10.0 Å². The van der Waals surface area contributed by atoms with E-state index >= 15 is 0 Å². The van der Waals surface area contributed by atoms with Crippen LogP contribution in [-0.2, 0) is 21.2 Å². The average molecular weight is 346 g/mol. The van der Waals surface area contributed by atoms with Crippen LogP contribution in [0.3, 0.4) is 0 Å². The zero-order chi connectivity index (χ0) is 17.2. The van der Waals surface area contributed by atoms with Gasteiger partial charge in [0.1, 0.15) is 5.75 Å². The summed E-state index contributed by atoms with van der Waals surface area (Å²) in [6.45, 7) is 1.91. The van der Waals surface area contributed by atoms with Crippen molar-refractivity contribution in [2.24, 2.45) is 0 Å². The molecular formula is C17H18N2O4S. The van der Waals surface area contributed by atoms with Crippen molar-refractivity contribution in [3.8, 4) is 5.75 Å². The number of benzene rings is 2. The van der Waals surface area contributed by atoms with E-state index in [1.807, 2.05) is 30.3 Å². The van der Waals surface area contributed by atoms with Crippen LogP contribution >= 0.6 is 0 Å². The van der Waals surface area contributed by atoms with Gasteiger partial charge in [0.05, 0.1) is 10.6 Å². The Labute approximate surface area is 140 Å². The van der Waals surface area contributed by atoms with Gasteiger partial charge in [-0.15, -0.1) is 0 Å². The van der Waals surface area contributed by atoms with Crippen molar-refractivity contribution >= 4 is 21.6 Å². The Morgan fingerprint density at radius 3 is 2.67 bits per heavy atom. The zero-order valence-corrected chi connectivity index (χ0v) is 14.0. The Hall–Kier alpha value is -2.38. The van der Waals surface area contributed by atoms with E-state index in [4.69, 9.17) is 4.74 Å². The molecule has 126 valence electrons. The van der Waals surface area contributed by atoms with E-state index in [9.17, 15) is 13.2 Å². The van der Waals surface area contributed by atoms with Gasteiger partial charge in [0.25, 0.3) is 5.91 Å². The van der Waals surface area contributed by atoms with Gasteiger partial charge in [-0.05, 0) is 31.0 Å². The van der Waals surface area contributed by atoms with E-state index in [-0.39, 0.29) is 10.8 Å². The van der Waals surface area contributed by atoms with Crippen LogP contribution in [0, 0.1) is 0 Å². The molecule has 0 saturated carbocycles. The molecule has 1 atom stereocenters. The molecule has 0 saturated heterocycles.